The van der Waals surface area contributed by atoms with Crippen LogP contribution in [0.1, 0.15) is 35.8 Å². The monoisotopic (exact) mass is 331 g/mol. The number of hydrogen-bond acceptors (Lipinski definition) is 3. The van der Waals surface area contributed by atoms with Gasteiger partial charge in [-0.2, -0.15) is 0 Å². The number of nitrogens with zero attached hydrogens (tertiary/aromatic N) is 2. The highest BCUT2D eigenvalue weighted by Gasteiger charge is 2.12. The quantitative estimate of drug-likeness (QED) is 0.837. The highest BCUT2D eigenvalue weighted by Crippen LogP contribution is 2.23. The lowest BCUT2D eigenvalue weighted by atomic mass is 10.2. The second-order valence-corrected chi connectivity index (χ2v) is 6.01. The van der Waals surface area contributed by atoms with Gasteiger partial charge in [0.25, 0.3) is 5.91 Å². The summed E-state index contributed by atoms with van der Waals surface area (Å²) in [6, 6.07) is 9.37. The van der Waals surface area contributed by atoms with Gasteiger partial charge < -0.3 is 10.2 Å². The number of nitrogens with one attached hydrogen (secondary N) is 1. The second kappa shape index (κ2) is 7.97. The van der Waals surface area contributed by atoms with Gasteiger partial charge in [0.2, 0.25) is 0 Å². The number of rotatable bonds is 6. The van der Waals surface area contributed by atoms with E-state index in [-0.39, 0.29) is 5.91 Å². The summed E-state index contributed by atoms with van der Waals surface area (Å²) >= 11 is 6.12. The summed E-state index contributed by atoms with van der Waals surface area (Å²) in [6.45, 7) is 4.82. The Morgan fingerprint density at radius 3 is 2.61 bits per heavy atom. The molecule has 1 amide bonds. The third-order valence-corrected chi connectivity index (χ3v) is 4.04. The first-order valence-electron chi connectivity index (χ1n) is 7.76. The van der Waals surface area contributed by atoms with Gasteiger partial charge in [-0.3, -0.25) is 4.79 Å². The number of halogens is 1. The van der Waals surface area contributed by atoms with E-state index in [9.17, 15) is 4.79 Å². The molecule has 1 aromatic heterocycles. The van der Waals surface area contributed by atoms with E-state index in [0.717, 1.165) is 36.3 Å². The van der Waals surface area contributed by atoms with Crippen LogP contribution in [0.25, 0.3) is 0 Å². The standard InChI is InChI=1S/C18H22ClN3O/c1-4-5-10-22(3)18(23)17-9-8-15(12-20-17)21-14-7-6-13(2)16(19)11-14/h6-9,11-12,21H,4-5,10H2,1-3H3. The number of anilines is 2. The Morgan fingerprint density at radius 2 is 2.00 bits per heavy atom. The fraction of sp³-hybridized carbons (Fsp3) is 0.333. The zero-order valence-electron chi connectivity index (χ0n) is 13.8. The van der Waals surface area contributed by atoms with Crippen LogP contribution in [0.3, 0.4) is 0 Å². The number of amides is 1. The van der Waals surface area contributed by atoms with Crippen molar-refractivity contribution in [1.82, 2.24) is 9.88 Å². The molecule has 2 rings (SSSR count). The topological polar surface area (TPSA) is 45.2 Å². The lowest BCUT2D eigenvalue weighted by molar-refractivity contribution is 0.0787. The van der Waals surface area contributed by atoms with Gasteiger partial charge in [0.05, 0.1) is 11.9 Å². The number of carbonyl (C=O) groups excluding carboxylic acids is 1. The first kappa shape index (κ1) is 17.3. The van der Waals surface area contributed by atoms with Crippen LogP contribution in [-0.2, 0) is 0 Å². The number of benzene rings is 1. The first-order valence-corrected chi connectivity index (χ1v) is 8.13. The predicted molar refractivity (Wildman–Crippen MR) is 95.6 cm³/mol. The molecule has 0 saturated carbocycles. The maximum Gasteiger partial charge on any atom is 0.272 e. The summed E-state index contributed by atoms with van der Waals surface area (Å²) in [5.74, 6) is -0.0524. The zero-order valence-corrected chi connectivity index (χ0v) is 14.5. The third-order valence-electron chi connectivity index (χ3n) is 3.64. The number of unbranched alkanes of at least 4 members (excludes halogenated alkanes) is 1. The van der Waals surface area contributed by atoms with E-state index in [1.807, 2.05) is 31.2 Å². The molecule has 122 valence electrons. The van der Waals surface area contributed by atoms with Crippen LogP contribution < -0.4 is 5.32 Å². The summed E-state index contributed by atoms with van der Waals surface area (Å²) in [7, 11) is 1.81. The smallest absolute Gasteiger partial charge is 0.272 e. The molecule has 0 fully saturated rings. The fourth-order valence-corrected chi connectivity index (χ4v) is 2.30. The van der Waals surface area contributed by atoms with E-state index < -0.39 is 0 Å². The molecular weight excluding hydrogens is 310 g/mol. The highest BCUT2D eigenvalue weighted by atomic mass is 35.5. The maximum absolute atomic E-state index is 12.2. The molecule has 23 heavy (non-hydrogen) atoms. The molecule has 0 aliphatic rings. The average molecular weight is 332 g/mol. The van der Waals surface area contributed by atoms with Gasteiger partial charge >= 0.3 is 0 Å². The van der Waals surface area contributed by atoms with Crippen molar-refractivity contribution in [2.75, 3.05) is 18.9 Å². The maximum atomic E-state index is 12.2. The van der Waals surface area contributed by atoms with Crippen LogP contribution in [0.15, 0.2) is 36.5 Å². The highest BCUT2D eigenvalue weighted by molar-refractivity contribution is 6.31. The van der Waals surface area contributed by atoms with E-state index >= 15 is 0 Å². The normalized spacial score (nSPS) is 10.4. The van der Waals surface area contributed by atoms with E-state index in [2.05, 4.69) is 17.2 Å². The summed E-state index contributed by atoms with van der Waals surface area (Å²) in [5.41, 5.74) is 3.20. The molecule has 0 saturated heterocycles. The molecule has 2 aromatic rings. The molecule has 0 spiro atoms. The molecule has 0 aliphatic heterocycles. The van der Waals surface area contributed by atoms with E-state index in [1.165, 1.54) is 0 Å². The molecule has 0 bridgehead atoms. The van der Waals surface area contributed by atoms with Crippen molar-refractivity contribution in [2.24, 2.45) is 0 Å². The molecule has 0 aliphatic carbocycles. The van der Waals surface area contributed by atoms with Crippen LogP contribution >= 0.6 is 11.6 Å². The van der Waals surface area contributed by atoms with Crippen LogP contribution in [0, 0.1) is 6.92 Å². The summed E-state index contributed by atoms with van der Waals surface area (Å²) in [6.07, 6.45) is 3.72. The third kappa shape index (κ3) is 4.70. The molecule has 1 N–H and O–H groups in total. The Kier molecular flexibility index (Phi) is 5.99. The van der Waals surface area contributed by atoms with Gasteiger partial charge in [-0.25, -0.2) is 4.98 Å². The van der Waals surface area contributed by atoms with Gasteiger partial charge in [0, 0.05) is 24.3 Å². The molecule has 0 unspecified atom stereocenters. The lowest BCUT2D eigenvalue weighted by Gasteiger charge is -2.16. The van der Waals surface area contributed by atoms with Crippen molar-refractivity contribution in [2.45, 2.75) is 26.7 Å². The average Bonchev–Trinajstić information content (AvgIpc) is 2.56. The lowest BCUT2D eigenvalue weighted by Crippen LogP contribution is -2.28. The largest absolute Gasteiger partial charge is 0.354 e. The van der Waals surface area contributed by atoms with Gasteiger partial charge in [0.1, 0.15) is 5.69 Å². The molecule has 5 heteroatoms. The Bertz CT molecular complexity index is 670. The molecule has 1 heterocycles. The zero-order chi connectivity index (χ0) is 16.8. The SMILES string of the molecule is CCCCN(C)C(=O)c1ccc(Nc2ccc(C)c(Cl)c2)cn1. The molecular formula is C18H22ClN3O. The molecule has 1 aromatic carbocycles. The molecule has 0 atom stereocenters. The van der Waals surface area contributed by atoms with Crippen molar-refractivity contribution >= 4 is 28.9 Å². The van der Waals surface area contributed by atoms with Gasteiger partial charge in [-0.15, -0.1) is 0 Å². The minimum atomic E-state index is -0.0524. The van der Waals surface area contributed by atoms with Crippen molar-refractivity contribution < 1.29 is 4.79 Å². The summed E-state index contributed by atoms with van der Waals surface area (Å²) in [4.78, 5) is 18.2. The number of hydrogen-bond donors (Lipinski definition) is 1. The summed E-state index contributed by atoms with van der Waals surface area (Å²) < 4.78 is 0. The van der Waals surface area contributed by atoms with Crippen molar-refractivity contribution in [3.8, 4) is 0 Å². The fourth-order valence-electron chi connectivity index (χ4n) is 2.12. The summed E-state index contributed by atoms with van der Waals surface area (Å²) in [5, 5.41) is 3.94. The minimum absolute atomic E-state index is 0.0524. The van der Waals surface area contributed by atoms with Crippen LogP contribution in [0.4, 0.5) is 11.4 Å². The van der Waals surface area contributed by atoms with E-state index in [1.54, 1.807) is 24.2 Å². The van der Waals surface area contributed by atoms with Crippen LogP contribution in [-0.4, -0.2) is 29.4 Å². The number of aryl methyl sites for hydroxylation is 1. The van der Waals surface area contributed by atoms with Crippen LogP contribution in [0.5, 0.6) is 0 Å². The second-order valence-electron chi connectivity index (χ2n) is 5.60. The van der Waals surface area contributed by atoms with Crippen molar-refractivity contribution in [3.05, 3.63) is 52.8 Å². The Balaban J connectivity index is 2.04. The Morgan fingerprint density at radius 1 is 1.26 bits per heavy atom. The van der Waals surface area contributed by atoms with Gasteiger partial charge in [-0.1, -0.05) is 31.0 Å². The number of carbonyl (C=O) groups is 1. The van der Waals surface area contributed by atoms with Crippen LogP contribution in [0.2, 0.25) is 5.02 Å². The van der Waals surface area contributed by atoms with Crippen molar-refractivity contribution in [3.63, 3.8) is 0 Å². The molecule has 0 radical (unpaired) electrons. The predicted octanol–water partition coefficient (Wildman–Crippen LogP) is 4.66. The number of pyridine rings is 1. The van der Waals surface area contributed by atoms with Gasteiger partial charge in [-0.05, 0) is 43.2 Å². The molecule has 4 nitrogen and oxygen atoms in total. The Labute approximate surface area is 142 Å². The first-order chi connectivity index (χ1) is 11.0. The Hall–Kier alpha value is -2.07. The van der Waals surface area contributed by atoms with Gasteiger partial charge in [0.15, 0.2) is 0 Å². The minimum Gasteiger partial charge on any atom is -0.354 e. The number of aromatic nitrogens is 1. The van der Waals surface area contributed by atoms with Crippen molar-refractivity contribution in [1.29, 1.82) is 0 Å². The van der Waals surface area contributed by atoms with E-state index in [0.29, 0.717) is 10.7 Å². The van der Waals surface area contributed by atoms with E-state index in [4.69, 9.17) is 11.6 Å².